The molecule has 0 aliphatic heterocycles. The molecular weight excluding hydrogens is 464 g/mol. The predicted molar refractivity (Wildman–Crippen MR) is 136 cm³/mol. The smallest absolute Gasteiger partial charge is 0.270 e. The van der Waals surface area contributed by atoms with Crippen molar-refractivity contribution in [1.82, 2.24) is 10.3 Å². The molecule has 1 N–H and O–H groups in total. The molecule has 1 aromatic heterocycles. The largest absolute Gasteiger partial charge is 0.497 e. The van der Waals surface area contributed by atoms with Crippen LogP contribution in [0.15, 0.2) is 41.8 Å². The number of amides is 1. The molecule has 0 unspecified atom stereocenters. The Bertz CT molecular complexity index is 1170. The average Bonchev–Trinajstić information content (AvgIpc) is 3.57. The van der Waals surface area contributed by atoms with Crippen LogP contribution < -0.4 is 24.3 Å². The quantitative estimate of drug-likeness (QED) is 0.425. The van der Waals surface area contributed by atoms with E-state index in [1.54, 1.807) is 28.4 Å². The minimum absolute atomic E-state index is 0.123. The number of nitrogens with zero attached hydrogens (tertiary/aromatic N) is 1. The Morgan fingerprint density at radius 3 is 2.34 bits per heavy atom. The Morgan fingerprint density at radius 1 is 0.943 bits per heavy atom. The van der Waals surface area contributed by atoms with E-state index in [9.17, 15) is 4.79 Å². The molecule has 1 saturated carbocycles. The molecule has 0 saturated heterocycles. The zero-order chi connectivity index (χ0) is 24.8. The molecule has 2 aromatic carbocycles. The van der Waals surface area contributed by atoms with Gasteiger partial charge in [0.05, 0.1) is 33.4 Å². The lowest BCUT2D eigenvalue weighted by molar-refractivity contribution is 0.0938. The fourth-order valence-electron chi connectivity index (χ4n) is 4.80. The van der Waals surface area contributed by atoms with Gasteiger partial charge in [-0.3, -0.25) is 4.79 Å². The van der Waals surface area contributed by atoms with E-state index in [2.05, 4.69) is 16.4 Å². The number of ether oxygens (including phenoxy) is 4. The zero-order valence-electron chi connectivity index (χ0n) is 20.7. The van der Waals surface area contributed by atoms with Crippen molar-refractivity contribution in [2.24, 2.45) is 0 Å². The van der Waals surface area contributed by atoms with Crippen molar-refractivity contribution in [3.05, 3.63) is 63.6 Å². The summed E-state index contributed by atoms with van der Waals surface area (Å²) in [5.74, 6) is 2.78. The Hall–Kier alpha value is -3.26. The Kier molecular flexibility index (Phi) is 7.80. The maximum Gasteiger partial charge on any atom is 0.270 e. The van der Waals surface area contributed by atoms with Gasteiger partial charge in [0.25, 0.3) is 5.91 Å². The molecule has 7 nitrogen and oxygen atoms in total. The molecule has 0 bridgehead atoms. The zero-order valence-corrected chi connectivity index (χ0v) is 21.5. The van der Waals surface area contributed by atoms with Crippen LogP contribution in [0.2, 0.25) is 0 Å². The number of aromatic nitrogens is 1. The molecule has 0 atom stereocenters. The van der Waals surface area contributed by atoms with Crippen molar-refractivity contribution in [1.29, 1.82) is 0 Å². The van der Waals surface area contributed by atoms with Gasteiger partial charge in [-0.05, 0) is 48.7 Å². The fourth-order valence-corrected chi connectivity index (χ4v) is 5.60. The lowest BCUT2D eigenvalue weighted by Crippen LogP contribution is -2.39. The second-order valence-corrected chi connectivity index (χ2v) is 9.66. The van der Waals surface area contributed by atoms with Crippen molar-refractivity contribution >= 4 is 17.2 Å². The summed E-state index contributed by atoms with van der Waals surface area (Å²) in [5, 5.41) is 5.81. The van der Waals surface area contributed by atoms with Gasteiger partial charge in [0.15, 0.2) is 11.5 Å². The van der Waals surface area contributed by atoms with Crippen LogP contribution in [-0.4, -0.2) is 45.9 Å². The molecule has 0 radical (unpaired) electrons. The molecule has 1 fully saturated rings. The van der Waals surface area contributed by atoms with Crippen LogP contribution in [0.4, 0.5) is 0 Å². The number of hydrogen-bond acceptors (Lipinski definition) is 7. The van der Waals surface area contributed by atoms with Crippen molar-refractivity contribution in [2.45, 2.75) is 37.5 Å². The van der Waals surface area contributed by atoms with Crippen LogP contribution in [0.25, 0.3) is 0 Å². The number of methoxy groups -OCH3 is 4. The first-order chi connectivity index (χ1) is 17.0. The summed E-state index contributed by atoms with van der Waals surface area (Å²) in [6.45, 7) is 0.553. The second-order valence-electron chi connectivity index (χ2n) is 8.72. The van der Waals surface area contributed by atoms with E-state index in [0.29, 0.717) is 30.2 Å². The van der Waals surface area contributed by atoms with E-state index < -0.39 is 0 Å². The number of benzene rings is 2. The first-order valence-corrected chi connectivity index (χ1v) is 12.6. The highest BCUT2D eigenvalue weighted by atomic mass is 32.1. The van der Waals surface area contributed by atoms with Gasteiger partial charge in [-0.15, -0.1) is 11.3 Å². The topological polar surface area (TPSA) is 78.9 Å². The molecule has 186 valence electrons. The molecule has 3 aromatic rings. The highest BCUT2D eigenvalue weighted by Gasteiger charge is 2.36. The summed E-state index contributed by atoms with van der Waals surface area (Å²) in [6.07, 6.45) is 4.86. The lowest BCUT2D eigenvalue weighted by atomic mass is 9.78. The summed E-state index contributed by atoms with van der Waals surface area (Å²) in [6, 6.07) is 11.7. The number of nitrogens with one attached hydrogen (secondary N) is 1. The van der Waals surface area contributed by atoms with Crippen LogP contribution in [0, 0.1) is 0 Å². The second kappa shape index (κ2) is 11.0. The van der Waals surface area contributed by atoms with Gasteiger partial charge in [0.1, 0.15) is 17.2 Å². The molecule has 0 spiro atoms. The van der Waals surface area contributed by atoms with E-state index >= 15 is 0 Å². The molecule has 4 rings (SSSR count). The Balaban J connectivity index is 1.47. The molecule has 1 aliphatic carbocycles. The number of thiazole rings is 1. The van der Waals surface area contributed by atoms with Gasteiger partial charge >= 0.3 is 0 Å². The molecule has 1 aliphatic rings. The minimum atomic E-state index is -0.156. The minimum Gasteiger partial charge on any atom is -0.497 e. The van der Waals surface area contributed by atoms with Gasteiger partial charge in [0.2, 0.25) is 0 Å². The van der Waals surface area contributed by atoms with Gasteiger partial charge in [0, 0.05) is 29.3 Å². The number of rotatable bonds is 10. The maximum atomic E-state index is 13.0. The summed E-state index contributed by atoms with van der Waals surface area (Å²) in [7, 11) is 6.56. The fraction of sp³-hybridized carbons (Fsp3) is 0.407. The SMILES string of the molecule is COc1ccc(OC)c(Cc2nc(C(=O)NCC3(c4ccc(OC)c(OC)c4)CCCC3)cs2)c1. The van der Waals surface area contributed by atoms with Gasteiger partial charge in [-0.25, -0.2) is 4.98 Å². The number of hydrogen-bond donors (Lipinski definition) is 1. The van der Waals surface area contributed by atoms with Gasteiger partial charge < -0.3 is 24.3 Å². The molecule has 8 heteroatoms. The molecular formula is C27H32N2O5S. The average molecular weight is 497 g/mol. The molecule has 1 heterocycles. The van der Waals surface area contributed by atoms with Gasteiger partial charge in [-0.2, -0.15) is 0 Å². The Morgan fingerprint density at radius 2 is 1.66 bits per heavy atom. The summed E-state index contributed by atoms with van der Waals surface area (Å²) in [5.41, 5.74) is 2.44. The summed E-state index contributed by atoms with van der Waals surface area (Å²) < 4.78 is 21.7. The standard InChI is InChI=1S/C27H32N2O5S/c1-31-20-8-10-22(32-2)18(13-20)14-25-29-21(16-35-25)26(30)28-17-27(11-5-6-12-27)19-7-9-23(33-3)24(15-19)34-4/h7-10,13,15-16H,5-6,11-12,14,17H2,1-4H3,(H,28,30). The number of carbonyl (C=O) groups is 1. The van der Waals surface area contributed by atoms with Crippen molar-refractivity contribution < 1.29 is 23.7 Å². The molecule has 35 heavy (non-hydrogen) atoms. The van der Waals surface area contributed by atoms with Crippen molar-refractivity contribution in [3.8, 4) is 23.0 Å². The van der Waals surface area contributed by atoms with Crippen LogP contribution >= 0.6 is 11.3 Å². The lowest BCUT2D eigenvalue weighted by Gasteiger charge is -2.30. The normalized spacial score (nSPS) is 14.4. The van der Waals surface area contributed by atoms with Crippen LogP contribution in [0.5, 0.6) is 23.0 Å². The van der Waals surface area contributed by atoms with E-state index in [-0.39, 0.29) is 11.3 Å². The first kappa shape index (κ1) is 24.9. The summed E-state index contributed by atoms with van der Waals surface area (Å²) >= 11 is 1.47. The summed E-state index contributed by atoms with van der Waals surface area (Å²) in [4.78, 5) is 17.6. The van der Waals surface area contributed by atoms with Crippen LogP contribution in [0.3, 0.4) is 0 Å². The highest BCUT2D eigenvalue weighted by molar-refractivity contribution is 7.09. The monoisotopic (exact) mass is 496 g/mol. The van der Waals surface area contributed by atoms with Crippen molar-refractivity contribution in [3.63, 3.8) is 0 Å². The van der Waals surface area contributed by atoms with Crippen LogP contribution in [-0.2, 0) is 11.8 Å². The third-order valence-corrected chi connectivity index (χ3v) is 7.61. The predicted octanol–water partition coefficient (Wildman–Crippen LogP) is 5.01. The van der Waals surface area contributed by atoms with E-state index in [4.69, 9.17) is 18.9 Å². The van der Waals surface area contributed by atoms with E-state index in [1.165, 1.54) is 11.3 Å². The van der Waals surface area contributed by atoms with Crippen molar-refractivity contribution in [2.75, 3.05) is 35.0 Å². The third kappa shape index (κ3) is 5.37. The number of carbonyl (C=O) groups excluding carboxylic acids is 1. The maximum absolute atomic E-state index is 13.0. The van der Waals surface area contributed by atoms with Crippen LogP contribution in [0.1, 0.15) is 52.3 Å². The molecule has 1 amide bonds. The van der Waals surface area contributed by atoms with Gasteiger partial charge in [-0.1, -0.05) is 18.9 Å². The van der Waals surface area contributed by atoms with E-state index in [1.807, 2.05) is 35.7 Å². The third-order valence-electron chi connectivity index (χ3n) is 6.76. The highest BCUT2D eigenvalue weighted by Crippen LogP contribution is 2.43. The van der Waals surface area contributed by atoms with E-state index in [0.717, 1.165) is 53.3 Å². The first-order valence-electron chi connectivity index (χ1n) is 11.7. The Labute approximate surface area is 210 Å².